The molecule has 7 nitrogen and oxygen atoms in total. The highest BCUT2D eigenvalue weighted by Gasteiger charge is 2.49. The van der Waals surface area contributed by atoms with Crippen molar-refractivity contribution in [2.75, 3.05) is 6.54 Å². The number of ketones is 1. The van der Waals surface area contributed by atoms with Crippen LogP contribution in [0.15, 0.2) is 30.3 Å². The minimum Gasteiger partial charge on any atom is -0.344 e. The van der Waals surface area contributed by atoms with Crippen LogP contribution in [-0.4, -0.2) is 46.7 Å². The fourth-order valence-electron chi connectivity index (χ4n) is 3.08. The molecule has 0 aromatic heterocycles. The summed E-state index contributed by atoms with van der Waals surface area (Å²) in [5.74, 6) is -1.12. The fraction of sp³-hybridized carbons (Fsp3) is 0.474. The normalized spacial score (nSPS) is 17.0. The third kappa shape index (κ3) is 4.09. The van der Waals surface area contributed by atoms with Gasteiger partial charge in [-0.2, -0.15) is 0 Å². The van der Waals surface area contributed by atoms with Gasteiger partial charge in [0.05, 0.1) is 6.04 Å². The lowest BCUT2D eigenvalue weighted by molar-refractivity contribution is -0.135. The Kier molecular flexibility index (Phi) is 6.13. The highest BCUT2D eigenvalue weighted by atomic mass is 16.2. The number of hydrogen-bond acceptors (Lipinski definition) is 4. The molecule has 4 amide bonds. The molecule has 7 heteroatoms. The quantitative estimate of drug-likeness (QED) is 0.686. The van der Waals surface area contributed by atoms with E-state index >= 15 is 0 Å². The first-order valence-corrected chi connectivity index (χ1v) is 8.80. The number of benzene rings is 1. The highest BCUT2D eigenvalue weighted by Crippen LogP contribution is 2.24. The van der Waals surface area contributed by atoms with Crippen molar-refractivity contribution in [3.05, 3.63) is 35.9 Å². The van der Waals surface area contributed by atoms with Gasteiger partial charge in [-0.1, -0.05) is 44.2 Å². The van der Waals surface area contributed by atoms with Gasteiger partial charge in [-0.3, -0.25) is 19.3 Å². The van der Waals surface area contributed by atoms with E-state index in [4.69, 9.17) is 0 Å². The van der Waals surface area contributed by atoms with Gasteiger partial charge in [-0.15, -0.1) is 0 Å². The van der Waals surface area contributed by atoms with Crippen LogP contribution in [0, 0.1) is 0 Å². The average molecular weight is 359 g/mol. The molecule has 140 valence electrons. The Balaban J connectivity index is 2.03. The first-order chi connectivity index (χ1) is 12.3. The molecule has 0 radical (unpaired) electrons. The Hall–Kier alpha value is -2.70. The molecule has 1 aromatic rings. The van der Waals surface area contributed by atoms with Gasteiger partial charge in [0.2, 0.25) is 5.91 Å². The maximum atomic E-state index is 12.5. The summed E-state index contributed by atoms with van der Waals surface area (Å²) in [6.45, 7) is 4.64. The minimum atomic E-state index is -0.943. The van der Waals surface area contributed by atoms with Gasteiger partial charge >= 0.3 is 6.03 Å². The molecule has 2 N–H and O–H groups in total. The molecule has 1 saturated heterocycles. The number of nitrogens with zero attached hydrogens (tertiary/aromatic N) is 1. The Morgan fingerprint density at radius 1 is 1.15 bits per heavy atom. The highest BCUT2D eigenvalue weighted by molar-refractivity contribution is 6.09. The van der Waals surface area contributed by atoms with E-state index in [1.165, 1.54) is 6.92 Å². The molecule has 1 aromatic carbocycles. The molecule has 1 aliphatic heterocycles. The van der Waals surface area contributed by atoms with Gasteiger partial charge < -0.3 is 10.6 Å². The summed E-state index contributed by atoms with van der Waals surface area (Å²) in [7, 11) is 0. The topological polar surface area (TPSA) is 95.6 Å². The molecule has 1 fully saturated rings. The molecular weight excluding hydrogens is 334 g/mol. The molecule has 1 heterocycles. The second-order valence-electron chi connectivity index (χ2n) is 6.53. The second kappa shape index (κ2) is 8.12. The summed E-state index contributed by atoms with van der Waals surface area (Å²) < 4.78 is 0. The number of imide groups is 1. The van der Waals surface area contributed by atoms with E-state index in [1.807, 2.05) is 44.2 Å². The molecule has 0 bridgehead atoms. The largest absolute Gasteiger partial charge is 0.344 e. The van der Waals surface area contributed by atoms with Gasteiger partial charge in [0.25, 0.3) is 5.91 Å². The van der Waals surface area contributed by atoms with Crippen LogP contribution in [0.2, 0.25) is 0 Å². The lowest BCUT2D eigenvalue weighted by atomic mass is 9.93. The number of Topliss-reactive ketones (excluding diaryl/α,β-unsaturated/α-hetero) is 1. The Morgan fingerprint density at radius 2 is 1.77 bits per heavy atom. The summed E-state index contributed by atoms with van der Waals surface area (Å²) in [5.41, 5.74) is -0.0274. The van der Waals surface area contributed by atoms with Crippen molar-refractivity contribution in [2.24, 2.45) is 0 Å². The summed E-state index contributed by atoms with van der Waals surface area (Å²) in [5, 5.41) is 5.31. The summed E-state index contributed by atoms with van der Waals surface area (Å²) >= 11 is 0. The van der Waals surface area contributed by atoms with Crippen LogP contribution in [-0.2, 0) is 20.8 Å². The summed E-state index contributed by atoms with van der Waals surface area (Å²) in [6, 6.07) is 8.06. The van der Waals surface area contributed by atoms with Gasteiger partial charge in [0.1, 0.15) is 12.1 Å². The van der Waals surface area contributed by atoms with Crippen LogP contribution < -0.4 is 10.6 Å². The van der Waals surface area contributed by atoms with Crippen molar-refractivity contribution in [1.29, 1.82) is 0 Å². The van der Waals surface area contributed by atoms with Crippen LogP contribution in [0.4, 0.5) is 4.79 Å². The van der Waals surface area contributed by atoms with E-state index in [1.54, 1.807) is 0 Å². The number of amides is 4. The van der Waals surface area contributed by atoms with E-state index in [0.717, 1.165) is 10.5 Å². The Morgan fingerprint density at radius 3 is 2.27 bits per heavy atom. The van der Waals surface area contributed by atoms with Crippen LogP contribution in [0.25, 0.3) is 0 Å². The van der Waals surface area contributed by atoms with Crippen molar-refractivity contribution >= 4 is 23.6 Å². The molecule has 1 atom stereocenters. The number of nitrogens with one attached hydrogen (secondary N) is 2. The first kappa shape index (κ1) is 19.6. The van der Waals surface area contributed by atoms with Crippen molar-refractivity contribution in [3.63, 3.8) is 0 Å². The third-order valence-electron chi connectivity index (χ3n) is 4.86. The van der Waals surface area contributed by atoms with Gasteiger partial charge in [-0.25, -0.2) is 4.79 Å². The number of carbonyl (C=O) groups is 4. The molecule has 0 saturated carbocycles. The average Bonchev–Trinajstić information content (AvgIpc) is 2.86. The van der Waals surface area contributed by atoms with Crippen LogP contribution in [0.3, 0.4) is 0 Å². The number of urea groups is 1. The molecule has 2 rings (SSSR count). The van der Waals surface area contributed by atoms with Gasteiger partial charge in [-0.05, 0) is 31.7 Å². The van der Waals surface area contributed by atoms with Crippen LogP contribution >= 0.6 is 0 Å². The zero-order valence-electron chi connectivity index (χ0n) is 15.4. The zero-order chi connectivity index (χ0) is 19.3. The predicted octanol–water partition coefficient (Wildman–Crippen LogP) is 1.41. The van der Waals surface area contributed by atoms with Gasteiger partial charge in [0.15, 0.2) is 5.78 Å². The standard InChI is InChI=1S/C19H25N3O4/c1-4-19(5-2)17(25)22(18(26)21-19)12-16(24)20-15(13(3)23)11-14-9-7-6-8-10-14/h6-10,15H,4-5,11-12H2,1-3H3,(H,20,24)(H,21,26). The second-order valence-corrected chi connectivity index (χ2v) is 6.53. The van der Waals surface area contributed by atoms with E-state index < -0.39 is 36.0 Å². The molecule has 1 aliphatic rings. The van der Waals surface area contributed by atoms with Crippen molar-refractivity contribution in [1.82, 2.24) is 15.5 Å². The summed E-state index contributed by atoms with van der Waals surface area (Å²) in [6.07, 6.45) is 1.27. The number of rotatable bonds is 8. The third-order valence-corrected chi connectivity index (χ3v) is 4.86. The maximum Gasteiger partial charge on any atom is 0.325 e. The zero-order valence-corrected chi connectivity index (χ0v) is 15.4. The number of hydrogen-bond donors (Lipinski definition) is 2. The molecular formula is C19H25N3O4. The minimum absolute atomic E-state index is 0.184. The van der Waals surface area contributed by atoms with Crippen LogP contribution in [0.1, 0.15) is 39.2 Å². The van der Waals surface area contributed by atoms with E-state index in [9.17, 15) is 19.2 Å². The predicted molar refractivity (Wildman–Crippen MR) is 96.3 cm³/mol. The molecule has 0 aliphatic carbocycles. The molecule has 1 unspecified atom stereocenters. The Labute approximate surface area is 153 Å². The van der Waals surface area contributed by atoms with Crippen molar-refractivity contribution < 1.29 is 19.2 Å². The van der Waals surface area contributed by atoms with Gasteiger partial charge in [0, 0.05) is 0 Å². The van der Waals surface area contributed by atoms with E-state index in [2.05, 4.69) is 10.6 Å². The SMILES string of the molecule is CCC1(CC)NC(=O)N(CC(=O)NC(Cc2ccccc2)C(C)=O)C1=O. The van der Waals surface area contributed by atoms with E-state index in [-0.39, 0.29) is 5.78 Å². The number of carbonyl (C=O) groups excluding carboxylic acids is 4. The molecule has 0 spiro atoms. The van der Waals surface area contributed by atoms with Crippen molar-refractivity contribution in [3.8, 4) is 0 Å². The first-order valence-electron chi connectivity index (χ1n) is 8.80. The fourth-order valence-corrected chi connectivity index (χ4v) is 3.08. The van der Waals surface area contributed by atoms with Crippen molar-refractivity contribution in [2.45, 2.75) is 51.6 Å². The maximum absolute atomic E-state index is 12.5. The Bertz CT molecular complexity index is 698. The van der Waals surface area contributed by atoms with E-state index in [0.29, 0.717) is 19.3 Å². The monoisotopic (exact) mass is 359 g/mol. The summed E-state index contributed by atoms with van der Waals surface area (Å²) in [4.78, 5) is 49.8. The lowest BCUT2D eigenvalue weighted by Gasteiger charge is -2.23. The van der Waals surface area contributed by atoms with Crippen LogP contribution in [0.5, 0.6) is 0 Å². The smallest absolute Gasteiger partial charge is 0.325 e. The lowest BCUT2D eigenvalue weighted by Crippen LogP contribution is -2.49. The molecule has 26 heavy (non-hydrogen) atoms.